The Bertz CT molecular complexity index is 927. The van der Waals surface area contributed by atoms with Gasteiger partial charge in [0, 0.05) is 25.7 Å². The summed E-state index contributed by atoms with van der Waals surface area (Å²) in [5.74, 6) is -0.584. The Morgan fingerprint density at radius 1 is 1.28 bits per heavy atom. The number of carbonyl (C=O) groups is 2. The maximum atomic E-state index is 12.5. The van der Waals surface area contributed by atoms with Crippen LogP contribution < -0.4 is 5.32 Å². The number of aromatic nitrogens is 5. The smallest absolute Gasteiger partial charge is 0.279 e. The van der Waals surface area contributed by atoms with Crippen molar-refractivity contribution in [1.82, 2.24) is 29.9 Å². The van der Waals surface area contributed by atoms with E-state index >= 15 is 0 Å². The number of amides is 2. The lowest BCUT2D eigenvalue weighted by atomic mass is 10.3. The number of hydrogen-bond donors (Lipinski definition) is 1. The van der Waals surface area contributed by atoms with Gasteiger partial charge in [0.25, 0.3) is 11.8 Å². The highest BCUT2D eigenvalue weighted by molar-refractivity contribution is 7.17. The van der Waals surface area contributed by atoms with Crippen molar-refractivity contribution >= 4 is 39.6 Å². The van der Waals surface area contributed by atoms with Crippen molar-refractivity contribution in [3.63, 3.8) is 0 Å². The fraction of sp³-hybridized carbons (Fsp3) is 0.286. The lowest BCUT2D eigenvalue weighted by molar-refractivity contribution is 0.0831. The van der Waals surface area contributed by atoms with Crippen LogP contribution in [-0.2, 0) is 0 Å². The fourth-order valence-corrected chi connectivity index (χ4v) is 3.67. The number of carbonyl (C=O) groups excluding carboxylic acids is 2. The van der Waals surface area contributed by atoms with Gasteiger partial charge in [-0.15, -0.1) is 16.4 Å². The van der Waals surface area contributed by atoms with Crippen molar-refractivity contribution < 1.29 is 9.59 Å². The van der Waals surface area contributed by atoms with Crippen molar-refractivity contribution in [2.24, 2.45) is 0 Å². The van der Waals surface area contributed by atoms with Crippen LogP contribution in [0.2, 0.25) is 0 Å². The van der Waals surface area contributed by atoms with E-state index in [4.69, 9.17) is 0 Å². The molecule has 0 aromatic carbocycles. The van der Waals surface area contributed by atoms with Gasteiger partial charge in [-0.2, -0.15) is 4.68 Å². The predicted octanol–water partition coefficient (Wildman–Crippen LogP) is 1.75. The summed E-state index contributed by atoms with van der Waals surface area (Å²) < 4.78 is 1.51. The maximum absolute atomic E-state index is 12.5. The largest absolute Gasteiger partial charge is 0.344 e. The topological polar surface area (TPSA) is 106 Å². The standard InChI is InChI=1S/C14H15N7O2S2/c1-7-10(12(23)20(3)4)25-13(16-7)17-11(22)9-8(2)21(19-18-9)14-15-5-6-24-14/h5-6H,1-4H3,(H,16,17,22). The van der Waals surface area contributed by atoms with Crippen molar-refractivity contribution in [1.29, 1.82) is 0 Å². The molecule has 11 heteroatoms. The minimum absolute atomic E-state index is 0.151. The normalized spacial score (nSPS) is 10.7. The Labute approximate surface area is 151 Å². The first kappa shape index (κ1) is 17.2. The maximum Gasteiger partial charge on any atom is 0.279 e. The molecule has 0 radical (unpaired) electrons. The molecule has 0 aliphatic heterocycles. The number of rotatable bonds is 4. The molecule has 2 amide bonds. The zero-order valence-corrected chi connectivity index (χ0v) is 15.6. The van der Waals surface area contributed by atoms with Crippen LogP contribution in [0.1, 0.15) is 31.5 Å². The van der Waals surface area contributed by atoms with E-state index in [9.17, 15) is 9.59 Å². The molecule has 3 aromatic rings. The molecule has 0 fully saturated rings. The van der Waals surface area contributed by atoms with Crippen LogP contribution in [-0.4, -0.2) is 55.8 Å². The van der Waals surface area contributed by atoms with E-state index in [0.29, 0.717) is 26.5 Å². The Kier molecular flexibility index (Phi) is 4.59. The second-order valence-corrected chi connectivity index (χ2v) is 7.21. The summed E-state index contributed by atoms with van der Waals surface area (Å²) in [6, 6.07) is 0. The van der Waals surface area contributed by atoms with Crippen molar-refractivity contribution in [2.45, 2.75) is 13.8 Å². The van der Waals surface area contributed by atoms with Gasteiger partial charge >= 0.3 is 0 Å². The Balaban J connectivity index is 1.82. The van der Waals surface area contributed by atoms with Crippen LogP contribution in [0.15, 0.2) is 11.6 Å². The number of aryl methyl sites for hydroxylation is 1. The van der Waals surface area contributed by atoms with Gasteiger partial charge in [-0.1, -0.05) is 16.6 Å². The minimum atomic E-state index is -0.432. The van der Waals surface area contributed by atoms with Gasteiger partial charge < -0.3 is 4.90 Å². The molecule has 0 bridgehead atoms. The fourth-order valence-electron chi connectivity index (χ4n) is 2.05. The molecule has 3 aromatic heterocycles. The van der Waals surface area contributed by atoms with E-state index in [0.717, 1.165) is 11.3 Å². The third kappa shape index (κ3) is 3.28. The second kappa shape index (κ2) is 6.69. The molecular weight excluding hydrogens is 362 g/mol. The number of anilines is 1. The first-order chi connectivity index (χ1) is 11.9. The van der Waals surface area contributed by atoms with Crippen LogP contribution in [0.3, 0.4) is 0 Å². The molecule has 0 aliphatic rings. The highest BCUT2D eigenvalue weighted by Crippen LogP contribution is 2.24. The van der Waals surface area contributed by atoms with Crippen LogP contribution in [0.25, 0.3) is 5.13 Å². The monoisotopic (exact) mass is 377 g/mol. The molecule has 25 heavy (non-hydrogen) atoms. The average molecular weight is 377 g/mol. The molecule has 9 nitrogen and oxygen atoms in total. The molecule has 0 saturated carbocycles. The zero-order valence-electron chi connectivity index (χ0n) is 14.0. The molecule has 0 atom stereocenters. The summed E-state index contributed by atoms with van der Waals surface area (Å²) >= 11 is 2.53. The molecule has 0 spiro atoms. The van der Waals surface area contributed by atoms with Gasteiger partial charge in [0.1, 0.15) is 4.88 Å². The summed E-state index contributed by atoms with van der Waals surface area (Å²) in [4.78, 5) is 34.9. The SMILES string of the molecule is Cc1nc(NC(=O)c2nnn(-c3nccs3)c2C)sc1C(=O)N(C)C. The Morgan fingerprint density at radius 2 is 2.04 bits per heavy atom. The molecule has 130 valence electrons. The second-order valence-electron chi connectivity index (χ2n) is 5.34. The van der Waals surface area contributed by atoms with Gasteiger partial charge in [-0.25, -0.2) is 9.97 Å². The molecule has 0 unspecified atom stereocenters. The minimum Gasteiger partial charge on any atom is -0.344 e. The summed E-state index contributed by atoms with van der Waals surface area (Å²) in [5.41, 5.74) is 1.33. The number of nitrogens with one attached hydrogen (secondary N) is 1. The summed E-state index contributed by atoms with van der Waals surface area (Å²) in [6.07, 6.45) is 1.66. The molecular formula is C14H15N7O2S2. The Hall–Kier alpha value is -2.66. The van der Waals surface area contributed by atoms with E-state index < -0.39 is 5.91 Å². The van der Waals surface area contributed by atoms with Gasteiger partial charge in [0.05, 0.1) is 11.4 Å². The van der Waals surface area contributed by atoms with E-state index in [1.165, 1.54) is 20.9 Å². The van der Waals surface area contributed by atoms with Crippen LogP contribution >= 0.6 is 22.7 Å². The van der Waals surface area contributed by atoms with Gasteiger partial charge in [0.2, 0.25) is 5.13 Å². The van der Waals surface area contributed by atoms with Gasteiger partial charge in [0.15, 0.2) is 10.8 Å². The van der Waals surface area contributed by atoms with Gasteiger partial charge in [-0.3, -0.25) is 14.9 Å². The van der Waals surface area contributed by atoms with Crippen LogP contribution in [0.4, 0.5) is 5.13 Å². The van der Waals surface area contributed by atoms with Crippen LogP contribution in [0, 0.1) is 13.8 Å². The van der Waals surface area contributed by atoms with E-state index in [-0.39, 0.29) is 11.6 Å². The summed E-state index contributed by atoms with van der Waals surface area (Å²) in [7, 11) is 3.33. The van der Waals surface area contributed by atoms with E-state index in [2.05, 4.69) is 25.6 Å². The third-order valence-corrected chi connectivity index (χ3v) is 5.14. The van der Waals surface area contributed by atoms with Gasteiger partial charge in [-0.05, 0) is 13.8 Å². The zero-order chi connectivity index (χ0) is 18.1. The highest BCUT2D eigenvalue weighted by atomic mass is 32.1. The summed E-state index contributed by atoms with van der Waals surface area (Å²) in [6.45, 7) is 3.47. The quantitative estimate of drug-likeness (QED) is 0.742. The Morgan fingerprint density at radius 3 is 2.68 bits per heavy atom. The highest BCUT2D eigenvalue weighted by Gasteiger charge is 2.22. The van der Waals surface area contributed by atoms with Crippen LogP contribution in [0.5, 0.6) is 0 Å². The average Bonchev–Trinajstić information content (AvgIpc) is 3.26. The van der Waals surface area contributed by atoms with Crippen molar-refractivity contribution in [3.05, 3.63) is 33.5 Å². The van der Waals surface area contributed by atoms with E-state index in [1.54, 1.807) is 34.1 Å². The molecule has 1 N–H and O–H groups in total. The molecule has 3 heterocycles. The lowest BCUT2D eigenvalue weighted by Gasteiger charge is -2.07. The summed E-state index contributed by atoms with van der Waals surface area (Å²) in [5, 5.41) is 13.4. The van der Waals surface area contributed by atoms with E-state index in [1.807, 2.05) is 5.38 Å². The number of nitrogens with zero attached hydrogens (tertiary/aromatic N) is 6. The molecule has 0 aliphatic carbocycles. The first-order valence-electron chi connectivity index (χ1n) is 7.21. The predicted molar refractivity (Wildman–Crippen MR) is 94.6 cm³/mol. The number of thiazole rings is 2. The molecule has 3 rings (SSSR count). The number of hydrogen-bond acceptors (Lipinski definition) is 8. The van der Waals surface area contributed by atoms with Crippen molar-refractivity contribution in [2.75, 3.05) is 19.4 Å². The molecule has 0 saturated heterocycles. The van der Waals surface area contributed by atoms with Crippen molar-refractivity contribution in [3.8, 4) is 5.13 Å². The third-order valence-electron chi connectivity index (χ3n) is 3.33. The lowest BCUT2D eigenvalue weighted by Crippen LogP contribution is -2.21. The first-order valence-corrected chi connectivity index (χ1v) is 8.90.